The van der Waals surface area contributed by atoms with E-state index in [0.29, 0.717) is 6.42 Å². The van der Waals surface area contributed by atoms with Crippen LogP contribution < -0.4 is 5.32 Å². The molecule has 1 saturated heterocycles. The first kappa shape index (κ1) is 22.6. The molecule has 1 N–H and O–H groups in total. The summed E-state index contributed by atoms with van der Waals surface area (Å²) >= 11 is 1.65. The molecule has 2 heterocycles. The van der Waals surface area contributed by atoms with E-state index in [1.54, 1.807) is 11.8 Å². The Kier molecular flexibility index (Phi) is 8.34. The van der Waals surface area contributed by atoms with Crippen molar-refractivity contribution in [3.8, 4) is 17.1 Å². The van der Waals surface area contributed by atoms with E-state index in [9.17, 15) is 4.79 Å². The van der Waals surface area contributed by atoms with Gasteiger partial charge in [-0.05, 0) is 44.5 Å². The highest BCUT2D eigenvalue weighted by Crippen LogP contribution is 2.28. The van der Waals surface area contributed by atoms with Gasteiger partial charge in [-0.15, -0.1) is 10.2 Å². The van der Waals surface area contributed by atoms with Crippen molar-refractivity contribution in [1.29, 1.82) is 0 Å². The van der Waals surface area contributed by atoms with Gasteiger partial charge in [-0.2, -0.15) is 0 Å². The number of likely N-dealkylation sites (tertiary alicyclic amines) is 1. The van der Waals surface area contributed by atoms with Gasteiger partial charge in [-0.3, -0.25) is 9.36 Å². The molecule has 1 aliphatic rings. The number of hydrogen-bond acceptors (Lipinski definition) is 5. The van der Waals surface area contributed by atoms with Gasteiger partial charge in [-0.1, -0.05) is 66.7 Å². The first-order chi connectivity index (χ1) is 15.8. The molecular formula is C25H31N5OS. The summed E-state index contributed by atoms with van der Waals surface area (Å²) < 4.78 is 2.10. The predicted octanol–water partition coefficient (Wildman–Crippen LogP) is 4.41. The Morgan fingerprint density at radius 1 is 0.938 bits per heavy atom. The van der Waals surface area contributed by atoms with Crippen molar-refractivity contribution in [3.05, 3.63) is 60.7 Å². The van der Waals surface area contributed by atoms with Gasteiger partial charge in [0.25, 0.3) is 0 Å². The van der Waals surface area contributed by atoms with Crippen molar-refractivity contribution >= 4 is 17.7 Å². The van der Waals surface area contributed by atoms with Gasteiger partial charge in [0.05, 0.1) is 0 Å². The van der Waals surface area contributed by atoms with Gasteiger partial charge in [-0.25, -0.2) is 0 Å². The molecule has 4 rings (SSSR count). The lowest BCUT2D eigenvalue weighted by molar-refractivity contribution is -0.121. The Labute approximate surface area is 194 Å². The molecule has 0 radical (unpaired) electrons. The number of amides is 1. The van der Waals surface area contributed by atoms with Gasteiger partial charge in [0.2, 0.25) is 5.91 Å². The summed E-state index contributed by atoms with van der Waals surface area (Å²) in [7, 11) is 0. The zero-order valence-corrected chi connectivity index (χ0v) is 19.3. The summed E-state index contributed by atoms with van der Waals surface area (Å²) in [6, 6.07) is 20.3. The Hall–Kier alpha value is -2.64. The van der Waals surface area contributed by atoms with Crippen LogP contribution in [0.1, 0.15) is 32.1 Å². The Morgan fingerprint density at radius 3 is 2.41 bits per heavy atom. The minimum absolute atomic E-state index is 0.136. The highest BCUT2D eigenvalue weighted by atomic mass is 32.2. The van der Waals surface area contributed by atoms with Crippen LogP contribution in [0.5, 0.6) is 0 Å². The molecule has 3 aromatic rings. The quantitative estimate of drug-likeness (QED) is 0.367. The van der Waals surface area contributed by atoms with Gasteiger partial charge in [0, 0.05) is 36.5 Å². The first-order valence-electron chi connectivity index (χ1n) is 11.5. The number of carbonyl (C=O) groups excluding carboxylic acids is 1. The SMILES string of the molecule is O=C(CCCSc1nnc(-c2ccccc2)n1-c1ccccc1)NCCN1CCCCC1. The molecule has 1 aromatic heterocycles. The van der Waals surface area contributed by atoms with Crippen LogP contribution in [0.4, 0.5) is 0 Å². The van der Waals surface area contributed by atoms with Crippen LogP contribution in [0.25, 0.3) is 17.1 Å². The van der Waals surface area contributed by atoms with E-state index in [-0.39, 0.29) is 5.91 Å². The topological polar surface area (TPSA) is 63.1 Å². The van der Waals surface area contributed by atoms with E-state index >= 15 is 0 Å². The van der Waals surface area contributed by atoms with Gasteiger partial charge in [0.1, 0.15) is 0 Å². The van der Waals surface area contributed by atoms with E-state index in [4.69, 9.17) is 0 Å². The second kappa shape index (κ2) is 11.8. The number of benzene rings is 2. The normalized spacial score (nSPS) is 14.4. The molecule has 0 unspecified atom stereocenters. The summed E-state index contributed by atoms with van der Waals surface area (Å²) in [4.78, 5) is 14.6. The third-order valence-corrected chi connectivity index (χ3v) is 6.67. The van der Waals surface area contributed by atoms with Crippen LogP contribution >= 0.6 is 11.8 Å². The summed E-state index contributed by atoms with van der Waals surface area (Å²) in [5.41, 5.74) is 2.07. The molecule has 32 heavy (non-hydrogen) atoms. The fraction of sp³-hybridized carbons (Fsp3) is 0.400. The zero-order chi connectivity index (χ0) is 22.0. The highest BCUT2D eigenvalue weighted by molar-refractivity contribution is 7.99. The molecule has 0 atom stereocenters. The molecule has 6 nitrogen and oxygen atoms in total. The van der Waals surface area contributed by atoms with Gasteiger partial charge >= 0.3 is 0 Å². The van der Waals surface area contributed by atoms with Crippen molar-refractivity contribution in [3.63, 3.8) is 0 Å². The largest absolute Gasteiger partial charge is 0.355 e. The molecule has 1 fully saturated rings. The van der Waals surface area contributed by atoms with E-state index < -0.39 is 0 Å². The average Bonchev–Trinajstić information content (AvgIpc) is 3.27. The zero-order valence-electron chi connectivity index (χ0n) is 18.4. The van der Waals surface area contributed by atoms with Crippen molar-refractivity contribution in [2.75, 3.05) is 31.9 Å². The van der Waals surface area contributed by atoms with E-state index in [1.807, 2.05) is 48.5 Å². The maximum Gasteiger partial charge on any atom is 0.220 e. The van der Waals surface area contributed by atoms with E-state index in [1.165, 1.54) is 32.4 Å². The fourth-order valence-corrected chi connectivity index (χ4v) is 4.86. The highest BCUT2D eigenvalue weighted by Gasteiger charge is 2.16. The molecule has 2 aromatic carbocycles. The monoisotopic (exact) mass is 449 g/mol. The first-order valence-corrected chi connectivity index (χ1v) is 12.5. The number of piperidine rings is 1. The molecule has 0 saturated carbocycles. The van der Waals surface area contributed by atoms with Crippen LogP contribution in [0, 0.1) is 0 Å². The molecule has 0 bridgehead atoms. The number of nitrogens with one attached hydrogen (secondary N) is 1. The van der Waals surface area contributed by atoms with Crippen LogP contribution in [0.3, 0.4) is 0 Å². The fourth-order valence-electron chi connectivity index (χ4n) is 3.97. The van der Waals surface area contributed by atoms with Gasteiger partial charge in [0.15, 0.2) is 11.0 Å². The third kappa shape index (κ3) is 6.20. The number of nitrogens with zero attached hydrogens (tertiary/aromatic N) is 4. The minimum Gasteiger partial charge on any atom is -0.355 e. The summed E-state index contributed by atoms with van der Waals surface area (Å²) in [6.45, 7) is 4.04. The van der Waals surface area contributed by atoms with Crippen LogP contribution in [-0.2, 0) is 4.79 Å². The Balaban J connectivity index is 1.29. The van der Waals surface area contributed by atoms with Crippen molar-refractivity contribution in [1.82, 2.24) is 25.0 Å². The van der Waals surface area contributed by atoms with Crippen molar-refractivity contribution in [2.45, 2.75) is 37.3 Å². The summed E-state index contributed by atoms with van der Waals surface area (Å²) in [5, 5.41) is 12.8. The maximum absolute atomic E-state index is 12.2. The smallest absolute Gasteiger partial charge is 0.220 e. The number of aromatic nitrogens is 3. The lowest BCUT2D eigenvalue weighted by Gasteiger charge is -2.26. The lowest BCUT2D eigenvalue weighted by atomic mass is 10.1. The second-order valence-electron chi connectivity index (χ2n) is 8.05. The van der Waals surface area contributed by atoms with Crippen molar-refractivity contribution < 1.29 is 4.79 Å². The number of rotatable bonds is 10. The number of carbonyl (C=O) groups is 1. The average molecular weight is 450 g/mol. The molecular weight excluding hydrogens is 418 g/mol. The number of para-hydroxylation sites is 1. The van der Waals surface area contributed by atoms with Gasteiger partial charge < -0.3 is 10.2 Å². The molecule has 168 valence electrons. The Morgan fingerprint density at radius 2 is 1.66 bits per heavy atom. The molecule has 0 aliphatic carbocycles. The summed E-state index contributed by atoms with van der Waals surface area (Å²) in [5.74, 6) is 1.78. The maximum atomic E-state index is 12.2. The van der Waals surface area contributed by atoms with Crippen molar-refractivity contribution in [2.24, 2.45) is 0 Å². The van der Waals surface area contributed by atoms with E-state index in [0.717, 1.165) is 47.5 Å². The lowest BCUT2D eigenvalue weighted by Crippen LogP contribution is -2.37. The predicted molar refractivity (Wildman–Crippen MR) is 130 cm³/mol. The number of hydrogen-bond donors (Lipinski definition) is 1. The molecule has 0 spiro atoms. The van der Waals surface area contributed by atoms with Crippen LogP contribution in [0.15, 0.2) is 65.8 Å². The van der Waals surface area contributed by atoms with E-state index in [2.05, 4.69) is 37.1 Å². The summed E-state index contributed by atoms with van der Waals surface area (Å²) in [6.07, 6.45) is 5.25. The Bertz CT molecular complexity index is 971. The standard InChI is InChI=1S/C25H31N5OS/c31-23(26-16-19-29-17-8-3-9-18-29)15-10-20-32-25-28-27-24(21-11-4-1-5-12-21)30(25)22-13-6-2-7-14-22/h1-2,4-7,11-14H,3,8-10,15-20H2,(H,26,31). The molecule has 1 aliphatic heterocycles. The van der Waals surface area contributed by atoms with Crippen LogP contribution in [0.2, 0.25) is 0 Å². The third-order valence-electron chi connectivity index (χ3n) is 5.66. The van der Waals surface area contributed by atoms with Crippen LogP contribution in [-0.4, -0.2) is 57.5 Å². The molecule has 1 amide bonds. The number of thioether (sulfide) groups is 1. The minimum atomic E-state index is 0.136. The molecule has 7 heteroatoms. The second-order valence-corrected chi connectivity index (χ2v) is 9.11.